The number of aromatic carboxylic acids is 1. The molecule has 0 bridgehead atoms. The third-order valence-corrected chi connectivity index (χ3v) is 4.50. The predicted octanol–water partition coefficient (Wildman–Crippen LogP) is 3.58. The van der Waals surface area contributed by atoms with Crippen LogP contribution in [0.25, 0.3) is 0 Å². The molecule has 0 aliphatic rings. The fourth-order valence-corrected chi connectivity index (χ4v) is 2.95. The number of hydrogen-bond acceptors (Lipinski definition) is 6. The first-order chi connectivity index (χ1) is 12.5. The average Bonchev–Trinajstić information content (AvgIpc) is 2.65. The standard InChI is InChI=1S/C18H18N4O3S/c1-2-3-4-9-26-16-8-7-15(21-22-16)17(23)20-14-6-5-12(11-19)10-13(14)18(24)25/h5-8,10H,2-4,9H2,1H3,(H,20,23)(H,24,25). The molecule has 1 aromatic heterocycles. The summed E-state index contributed by atoms with van der Waals surface area (Å²) in [4.78, 5) is 23.6. The number of amides is 1. The molecule has 2 rings (SSSR count). The highest BCUT2D eigenvalue weighted by atomic mass is 32.2. The lowest BCUT2D eigenvalue weighted by Gasteiger charge is -2.08. The van der Waals surface area contributed by atoms with Gasteiger partial charge in [0, 0.05) is 0 Å². The van der Waals surface area contributed by atoms with Crippen molar-refractivity contribution in [2.75, 3.05) is 11.1 Å². The maximum atomic E-state index is 12.3. The zero-order chi connectivity index (χ0) is 18.9. The molecule has 26 heavy (non-hydrogen) atoms. The summed E-state index contributed by atoms with van der Waals surface area (Å²) in [6.45, 7) is 2.14. The molecular formula is C18H18N4O3S. The molecule has 0 aliphatic heterocycles. The van der Waals surface area contributed by atoms with Crippen molar-refractivity contribution < 1.29 is 14.7 Å². The number of thioether (sulfide) groups is 1. The van der Waals surface area contributed by atoms with Gasteiger partial charge in [0.15, 0.2) is 5.69 Å². The first-order valence-corrected chi connectivity index (χ1v) is 9.09. The second-order valence-electron chi connectivity index (χ2n) is 5.44. The van der Waals surface area contributed by atoms with E-state index in [0.717, 1.165) is 30.0 Å². The molecule has 0 unspecified atom stereocenters. The Labute approximate surface area is 155 Å². The van der Waals surface area contributed by atoms with Gasteiger partial charge in [-0.2, -0.15) is 5.26 Å². The molecule has 0 spiro atoms. The van der Waals surface area contributed by atoms with Gasteiger partial charge in [-0.25, -0.2) is 4.79 Å². The van der Waals surface area contributed by atoms with Gasteiger partial charge in [-0.1, -0.05) is 19.8 Å². The number of nitrogens with one attached hydrogen (secondary N) is 1. The number of carboxylic acid groups (broad SMARTS) is 1. The number of hydrogen-bond donors (Lipinski definition) is 2. The van der Waals surface area contributed by atoms with E-state index in [0.29, 0.717) is 0 Å². The second-order valence-corrected chi connectivity index (χ2v) is 6.56. The van der Waals surface area contributed by atoms with Gasteiger partial charge in [-0.05, 0) is 42.5 Å². The Morgan fingerprint density at radius 1 is 1.23 bits per heavy atom. The monoisotopic (exact) mass is 370 g/mol. The lowest BCUT2D eigenvalue weighted by molar-refractivity contribution is 0.0698. The van der Waals surface area contributed by atoms with E-state index in [9.17, 15) is 14.7 Å². The minimum absolute atomic E-state index is 0.0867. The molecule has 0 saturated carbocycles. The molecule has 8 heteroatoms. The number of carboxylic acids is 1. The lowest BCUT2D eigenvalue weighted by atomic mass is 10.1. The number of carbonyl (C=O) groups excluding carboxylic acids is 1. The van der Waals surface area contributed by atoms with Crippen molar-refractivity contribution >= 4 is 29.3 Å². The Hall–Kier alpha value is -2.92. The van der Waals surface area contributed by atoms with Crippen LogP contribution < -0.4 is 5.32 Å². The van der Waals surface area contributed by atoms with Crippen LogP contribution in [0.3, 0.4) is 0 Å². The van der Waals surface area contributed by atoms with Crippen molar-refractivity contribution in [1.82, 2.24) is 10.2 Å². The summed E-state index contributed by atoms with van der Waals surface area (Å²) in [5.41, 5.74) is 0.225. The Morgan fingerprint density at radius 2 is 2.04 bits per heavy atom. The van der Waals surface area contributed by atoms with Crippen molar-refractivity contribution in [3.05, 3.63) is 47.2 Å². The van der Waals surface area contributed by atoms with Crippen molar-refractivity contribution in [3.63, 3.8) is 0 Å². The number of unbranched alkanes of at least 4 members (excludes halogenated alkanes) is 2. The van der Waals surface area contributed by atoms with E-state index in [1.54, 1.807) is 23.9 Å². The Bertz CT molecular complexity index is 831. The zero-order valence-electron chi connectivity index (χ0n) is 14.2. The maximum absolute atomic E-state index is 12.3. The number of benzene rings is 1. The smallest absolute Gasteiger partial charge is 0.337 e. The molecule has 0 radical (unpaired) electrons. The Kier molecular flexibility index (Phi) is 7.12. The predicted molar refractivity (Wildman–Crippen MR) is 98.4 cm³/mol. The van der Waals surface area contributed by atoms with E-state index in [1.165, 1.54) is 18.2 Å². The quantitative estimate of drug-likeness (QED) is 0.539. The van der Waals surface area contributed by atoms with Gasteiger partial charge < -0.3 is 10.4 Å². The van der Waals surface area contributed by atoms with Crippen LogP contribution >= 0.6 is 11.8 Å². The van der Waals surface area contributed by atoms with Crippen molar-refractivity contribution in [1.29, 1.82) is 5.26 Å². The first kappa shape index (κ1) is 19.4. The van der Waals surface area contributed by atoms with Crippen LogP contribution in [0.15, 0.2) is 35.4 Å². The molecule has 2 aromatic rings. The van der Waals surface area contributed by atoms with Gasteiger partial charge in [-0.15, -0.1) is 22.0 Å². The molecule has 0 saturated heterocycles. The summed E-state index contributed by atoms with van der Waals surface area (Å²) >= 11 is 1.58. The normalized spacial score (nSPS) is 10.2. The van der Waals surface area contributed by atoms with E-state index < -0.39 is 11.9 Å². The average molecular weight is 370 g/mol. The van der Waals surface area contributed by atoms with Crippen LogP contribution in [0, 0.1) is 11.3 Å². The van der Waals surface area contributed by atoms with Gasteiger partial charge >= 0.3 is 5.97 Å². The zero-order valence-corrected chi connectivity index (χ0v) is 15.0. The minimum atomic E-state index is -1.23. The molecule has 0 fully saturated rings. The molecule has 1 amide bonds. The van der Waals surface area contributed by atoms with E-state index in [2.05, 4.69) is 22.4 Å². The molecule has 134 valence electrons. The number of nitriles is 1. The summed E-state index contributed by atoms with van der Waals surface area (Å²) in [6.07, 6.45) is 3.41. The second kappa shape index (κ2) is 9.53. The molecule has 1 heterocycles. The molecule has 0 atom stereocenters. The van der Waals surface area contributed by atoms with Gasteiger partial charge in [0.05, 0.1) is 22.9 Å². The third-order valence-electron chi connectivity index (χ3n) is 3.50. The summed E-state index contributed by atoms with van der Waals surface area (Å²) in [5.74, 6) is -0.851. The Morgan fingerprint density at radius 3 is 2.65 bits per heavy atom. The number of aromatic nitrogens is 2. The molecule has 2 N–H and O–H groups in total. The Balaban J connectivity index is 2.06. The van der Waals surface area contributed by atoms with Crippen molar-refractivity contribution in [3.8, 4) is 6.07 Å². The van der Waals surface area contributed by atoms with Crippen molar-refractivity contribution in [2.24, 2.45) is 0 Å². The van der Waals surface area contributed by atoms with E-state index in [4.69, 9.17) is 5.26 Å². The van der Waals surface area contributed by atoms with E-state index in [1.807, 2.05) is 6.07 Å². The summed E-state index contributed by atoms with van der Waals surface area (Å²) in [7, 11) is 0. The van der Waals surface area contributed by atoms with Crippen molar-refractivity contribution in [2.45, 2.75) is 31.2 Å². The maximum Gasteiger partial charge on any atom is 0.337 e. The van der Waals surface area contributed by atoms with Crippen LogP contribution in [-0.4, -0.2) is 32.9 Å². The van der Waals surface area contributed by atoms with E-state index >= 15 is 0 Å². The number of rotatable bonds is 8. The number of carbonyl (C=O) groups is 2. The molecule has 0 aliphatic carbocycles. The van der Waals surface area contributed by atoms with Crippen LogP contribution in [0.5, 0.6) is 0 Å². The topological polar surface area (TPSA) is 116 Å². The fourth-order valence-electron chi connectivity index (χ4n) is 2.13. The molecule has 7 nitrogen and oxygen atoms in total. The van der Waals surface area contributed by atoms with Gasteiger partial charge in [0.2, 0.25) is 0 Å². The van der Waals surface area contributed by atoms with Crippen LogP contribution in [0.4, 0.5) is 5.69 Å². The third kappa shape index (κ3) is 5.29. The molecule has 1 aromatic carbocycles. The largest absolute Gasteiger partial charge is 0.478 e. The first-order valence-electron chi connectivity index (χ1n) is 8.10. The summed E-state index contributed by atoms with van der Waals surface area (Å²) < 4.78 is 0. The van der Waals surface area contributed by atoms with Gasteiger partial charge in [0.1, 0.15) is 5.03 Å². The van der Waals surface area contributed by atoms with Crippen LogP contribution in [-0.2, 0) is 0 Å². The fraction of sp³-hybridized carbons (Fsp3) is 0.278. The van der Waals surface area contributed by atoms with Gasteiger partial charge in [0.25, 0.3) is 5.91 Å². The minimum Gasteiger partial charge on any atom is -0.478 e. The highest BCUT2D eigenvalue weighted by molar-refractivity contribution is 7.99. The summed E-state index contributed by atoms with van der Waals surface area (Å²) in [6, 6.07) is 9.15. The number of nitrogens with zero attached hydrogens (tertiary/aromatic N) is 3. The lowest BCUT2D eigenvalue weighted by Crippen LogP contribution is -2.16. The van der Waals surface area contributed by atoms with Crippen LogP contribution in [0.1, 0.15) is 52.6 Å². The SMILES string of the molecule is CCCCCSc1ccc(C(=O)Nc2ccc(C#N)cc2C(=O)O)nn1. The van der Waals surface area contributed by atoms with Gasteiger partial charge in [-0.3, -0.25) is 4.79 Å². The highest BCUT2D eigenvalue weighted by Gasteiger charge is 2.15. The summed E-state index contributed by atoms with van der Waals surface area (Å²) in [5, 5.41) is 29.3. The van der Waals surface area contributed by atoms with E-state index in [-0.39, 0.29) is 22.5 Å². The number of anilines is 1. The molecular weight excluding hydrogens is 352 g/mol. The van der Waals surface area contributed by atoms with Crippen LogP contribution in [0.2, 0.25) is 0 Å². The highest BCUT2D eigenvalue weighted by Crippen LogP contribution is 2.19.